The maximum atomic E-state index is 14.4. The highest BCUT2D eigenvalue weighted by atomic mass is 19.4. The number of imidazole rings is 1. The fourth-order valence-corrected chi connectivity index (χ4v) is 3.83. The summed E-state index contributed by atoms with van der Waals surface area (Å²) >= 11 is 0. The number of nitrogens with zero attached hydrogens (tertiary/aromatic N) is 4. The van der Waals surface area contributed by atoms with Crippen molar-refractivity contribution >= 4 is 28.5 Å². The second-order valence-corrected chi connectivity index (χ2v) is 9.65. The Balaban J connectivity index is 1.85. The first-order chi connectivity index (χ1) is 18.3. The summed E-state index contributed by atoms with van der Waals surface area (Å²) in [6.07, 6.45) is 0.349. The number of likely N-dealkylation sites (N-methyl/N-ethyl adjacent to an activating group) is 1. The number of nitrogens with one attached hydrogen (secondary N) is 2. The normalized spacial score (nSPS) is 12.0. The van der Waals surface area contributed by atoms with Gasteiger partial charge < -0.3 is 15.2 Å². The van der Waals surface area contributed by atoms with Crippen LogP contribution in [0.4, 0.5) is 23.2 Å². The van der Waals surface area contributed by atoms with Crippen molar-refractivity contribution < 1.29 is 27.2 Å². The fraction of sp³-hybridized carbons (Fsp3) is 0.423. The molecule has 13 heteroatoms. The number of amides is 2. The van der Waals surface area contributed by atoms with E-state index in [2.05, 4.69) is 20.3 Å². The van der Waals surface area contributed by atoms with E-state index in [0.29, 0.717) is 35.6 Å². The van der Waals surface area contributed by atoms with Crippen molar-refractivity contribution in [3.8, 4) is 0 Å². The van der Waals surface area contributed by atoms with E-state index in [4.69, 9.17) is 0 Å². The molecule has 3 aromatic rings. The average molecular weight is 551 g/mol. The minimum absolute atomic E-state index is 0.0184. The zero-order chi connectivity index (χ0) is 28.9. The van der Waals surface area contributed by atoms with E-state index < -0.39 is 35.7 Å². The Morgan fingerprint density at radius 1 is 1.23 bits per heavy atom. The lowest BCUT2D eigenvalue weighted by Crippen LogP contribution is -2.31. The van der Waals surface area contributed by atoms with Crippen molar-refractivity contribution in [3.05, 3.63) is 63.9 Å². The van der Waals surface area contributed by atoms with Crippen LogP contribution in [0.3, 0.4) is 0 Å². The first kappa shape index (κ1) is 29.5. The van der Waals surface area contributed by atoms with Crippen LogP contribution in [0.1, 0.15) is 50.3 Å². The van der Waals surface area contributed by atoms with Gasteiger partial charge in [-0.15, -0.1) is 0 Å². The molecule has 3 heterocycles. The third-order valence-electron chi connectivity index (χ3n) is 5.73. The van der Waals surface area contributed by atoms with Gasteiger partial charge in [0.15, 0.2) is 5.82 Å². The van der Waals surface area contributed by atoms with Gasteiger partial charge in [-0.1, -0.05) is 19.9 Å². The van der Waals surface area contributed by atoms with E-state index in [1.54, 1.807) is 20.2 Å². The Kier molecular flexibility index (Phi) is 9.25. The number of anilines is 1. The fourth-order valence-electron chi connectivity index (χ4n) is 3.83. The molecule has 0 spiro atoms. The molecule has 0 fully saturated rings. The third kappa shape index (κ3) is 7.52. The van der Waals surface area contributed by atoms with Crippen LogP contribution in [-0.4, -0.2) is 50.3 Å². The summed E-state index contributed by atoms with van der Waals surface area (Å²) in [7, 11) is 3.20. The van der Waals surface area contributed by atoms with Gasteiger partial charge in [-0.05, 0) is 43.4 Å². The summed E-state index contributed by atoms with van der Waals surface area (Å²) in [6.45, 7) is 3.23. The van der Waals surface area contributed by atoms with Crippen LogP contribution in [0.25, 0.3) is 11.0 Å². The molecule has 39 heavy (non-hydrogen) atoms. The van der Waals surface area contributed by atoms with E-state index in [1.165, 1.54) is 11.0 Å². The standard InChI is InChI=1S/C26H30F4N6O3/c1-15(2)12-18-24-23(16(27)13-31-18)33-20(34-24)14-36-19(26(28,29)30)11-10-17(25(36)39)32-21(37)8-6-5-7-9-22(38)35(3)4/h7,9-11,13,15H,5-6,8,12,14H2,1-4H3,(H,32,37)(H,33,34)/b9-7+. The van der Waals surface area contributed by atoms with Crippen molar-refractivity contribution in [2.75, 3.05) is 19.4 Å². The highest BCUT2D eigenvalue weighted by Gasteiger charge is 2.35. The number of fused-ring (bicyclic) bond motifs is 1. The van der Waals surface area contributed by atoms with Gasteiger partial charge >= 0.3 is 6.18 Å². The van der Waals surface area contributed by atoms with E-state index in [-0.39, 0.29) is 40.8 Å². The molecule has 0 atom stereocenters. The van der Waals surface area contributed by atoms with Crippen LogP contribution >= 0.6 is 0 Å². The molecule has 0 saturated carbocycles. The summed E-state index contributed by atoms with van der Waals surface area (Å²) in [6, 6.07) is 1.60. The molecule has 0 aromatic carbocycles. The summed E-state index contributed by atoms with van der Waals surface area (Å²) in [4.78, 5) is 49.3. The van der Waals surface area contributed by atoms with Crippen LogP contribution in [0.5, 0.6) is 0 Å². The average Bonchev–Trinajstić information content (AvgIpc) is 3.27. The monoisotopic (exact) mass is 550 g/mol. The van der Waals surface area contributed by atoms with E-state index in [1.807, 2.05) is 13.8 Å². The highest BCUT2D eigenvalue weighted by Crippen LogP contribution is 2.29. The molecular formula is C26H30F4N6O3. The van der Waals surface area contributed by atoms with Crippen LogP contribution in [0.15, 0.2) is 35.3 Å². The number of aromatic nitrogens is 4. The van der Waals surface area contributed by atoms with E-state index in [0.717, 1.165) is 12.3 Å². The first-order valence-corrected chi connectivity index (χ1v) is 12.3. The second kappa shape index (κ2) is 12.2. The van der Waals surface area contributed by atoms with Gasteiger partial charge in [-0.3, -0.25) is 23.9 Å². The largest absolute Gasteiger partial charge is 0.431 e. The molecule has 9 nitrogen and oxygen atoms in total. The maximum Gasteiger partial charge on any atom is 0.431 e. The number of pyridine rings is 2. The number of carbonyl (C=O) groups excluding carboxylic acids is 2. The van der Waals surface area contributed by atoms with Crippen molar-refractivity contribution in [1.82, 2.24) is 24.4 Å². The Labute approximate surface area is 221 Å². The number of carbonyl (C=O) groups is 2. The highest BCUT2D eigenvalue weighted by molar-refractivity contribution is 5.90. The Morgan fingerprint density at radius 3 is 2.59 bits per heavy atom. The van der Waals surface area contributed by atoms with Gasteiger partial charge in [0.05, 0.1) is 24.0 Å². The van der Waals surface area contributed by atoms with Crippen LogP contribution in [-0.2, 0) is 28.7 Å². The molecular weight excluding hydrogens is 520 g/mol. The minimum Gasteiger partial charge on any atom is -0.345 e. The van der Waals surface area contributed by atoms with Crippen molar-refractivity contribution in [1.29, 1.82) is 0 Å². The molecule has 0 radical (unpaired) electrons. The quantitative estimate of drug-likeness (QED) is 0.222. The molecule has 0 aliphatic heterocycles. The van der Waals surface area contributed by atoms with Gasteiger partial charge in [0.1, 0.15) is 22.7 Å². The predicted octanol–water partition coefficient (Wildman–Crippen LogP) is 4.28. The first-order valence-electron chi connectivity index (χ1n) is 12.3. The van der Waals surface area contributed by atoms with Crippen molar-refractivity contribution in [2.24, 2.45) is 5.92 Å². The number of hydrogen-bond donors (Lipinski definition) is 2. The van der Waals surface area contributed by atoms with Crippen molar-refractivity contribution in [2.45, 2.75) is 52.3 Å². The van der Waals surface area contributed by atoms with E-state index >= 15 is 0 Å². The molecule has 0 bridgehead atoms. The molecule has 3 rings (SSSR count). The molecule has 2 N–H and O–H groups in total. The smallest absolute Gasteiger partial charge is 0.345 e. The number of unbranched alkanes of at least 4 members (excludes halogenated alkanes) is 1. The molecule has 0 aliphatic carbocycles. The molecule has 0 saturated heterocycles. The third-order valence-corrected chi connectivity index (χ3v) is 5.73. The lowest BCUT2D eigenvalue weighted by Gasteiger charge is -2.16. The van der Waals surface area contributed by atoms with Crippen LogP contribution in [0, 0.1) is 11.7 Å². The minimum atomic E-state index is -4.88. The van der Waals surface area contributed by atoms with Crippen LogP contribution in [0.2, 0.25) is 0 Å². The number of H-pyrrole nitrogens is 1. The summed E-state index contributed by atoms with van der Waals surface area (Å²) in [5, 5.41) is 2.36. The number of allylic oxidation sites excluding steroid dienone is 1. The summed E-state index contributed by atoms with van der Waals surface area (Å²) < 4.78 is 56.1. The SMILES string of the molecule is CC(C)Cc1ncc(F)c2nc(Cn3c(C(F)(F)F)ccc(NC(=O)CCC/C=C/C(=O)N(C)C)c3=O)[nH]c12. The van der Waals surface area contributed by atoms with Gasteiger partial charge in [0, 0.05) is 20.5 Å². The van der Waals surface area contributed by atoms with Crippen molar-refractivity contribution in [3.63, 3.8) is 0 Å². The second-order valence-electron chi connectivity index (χ2n) is 9.65. The maximum absolute atomic E-state index is 14.4. The van der Waals surface area contributed by atoms with Gasteiger partial charge in [0.25, 0.3) is 5.56 Å². The zero-order valence-electron chi connectivity index (χ0n) is 22.0. The Hall–Kier alpha value is -4.03. The number of halogens is 4. The number of rotatable bonds is 10. The molecule has 3 aromatic heterocycles. The Morgan fingerprint density at radius 2 is 1.95 bits per heavy atom. The number of hydrogen-bond acceptors (Lipinski definition) is 5. The van der Waals surface area contributed by atoms with Crippen LogP contribution < -0.4 is 10.9 Å². The molecule has 0 aliphatic rings. The predicted molar refractivity (Wildman–Crippen MR) is 138 cm³/mol. The number of alkyl halides is 3. The Bertz CT molecular complexity index is 1440. The summed E-state index contributed by atoms with van der Waals surface area (Å²) in [5.74, 6) is -1.41. The summed E-state index contributed by atoms with van der Waals surface area (Å²) in [5.41, 5.74) is -1.99. The molecule has 2 amide bonds. The topological polar surface area (TPSA) is 113 Å². The van der Waals surface area contributed by atoms with E-state index in [9.17, 15) is 31.9 Å². The van der Waals surface area contributed by atoms with Gasteiger partial charge in [0.2, 0.25) is 11.8 Å². The lowest BCUT2D eigenvalue weighted by atomic mass is 10.1. The molecule has 210 valence electrons. The number of aromatic amines is 1. The van der Waals surface area contributed by atoms with Gasteiger partial charge in [-0.25, -0.2) is 9.37 Å². The lowest BCUT2D eigenvalue weighted by molar-refractivity contribution is -0.144. The zero-order valence-corrected chi connectivity index (χ0v) is 22.0. The van der Waals surface area contributed by atoms with Gasteiger partial charge in [-0.2, -0.15) is 13.2 Å². The molecule has 0 unspecified atom stereocenters.